The molecule has 2 fully saturated rings. The molecule has 3 rings (SSSR count). The van der Waals surface area contributed by atoms with Gasteiger partial charge in [0.15, 0.2) is 0 Å². The van der Waals surface area contributed by atoms with Crippen LogP contribution in [-0.4, -0.2) is 35.5 Å². The fraction of sp³-hybridized carbons (Fsp3) is 0.385. The van der Waals surface area contributed by atoms with E-state index in [2.05, 4.69) is 26.6 Å². The van der Waals surface area contributed by atoms with Gasteiger partial charge in [0.1, 0.15) is 5.54 Å². The number of benzene rings is 1. The third-order valence-corrected chi connectivity index (χ3v) is 4.18. The summed E-state index contributed by atoms with van der Waals surface area (Å²) < 4.78 is 0.977. The summed E-state index contributed by atoms with van der Waals surface area (Å²) in [5.74, 6) is -0.120. The van der Waals surface area contributed by atoms with Crippen molar-refractivity contribution < 1.29 is 9.59 Å². The second-order valence-electron chi connectivity index (χ2n) is 4.96. The molecular weight excluding hydrogens is 310 g/mol. The van der Waals surface area contributed by atoms with Gasteiger partial charge in [-0.2, -0.15) is 0 Å². The second kappa shape index (κ2) is 4.61. The van der Waals surface area contributed by atoms with Crippen molar-refractivity contribution in [3.63, 3.8) is 0 Å². The van der Waals surface area contributed by atoms with E-state index in [0.717, 1.165) is 16.6 Å². The van der Waals surface area contributed by atoms with Crippen molar-refractivity contribution >= 4 is 27.9 Å². The van der Waals surface area contributed by atoms with Crippen molar-refractivity contribution in [3.05, 3.63) is 34.3 Å². The van der Waals surface area contributed by atoms with Gasteiger partial charge < -0.3 is 10.6 Å². The fourth-order valence-electron chi connectivity index (χ4n) is 2.57. The molecule has 0 saturated carbocycles. The molecule has 0 bridgehead atoms. The minimum absolute atomic E-state index is 0.120. The first kappa shape index (κ1) is 12.6. The maximum atomic E-state index is 12.4. The Morgan fingerprint density at radius 3 is 2.63 bits per heavy atom. The van der Waals surface area contributed by atoms with Crippen molar-refractivity contribution in [2.24, 2.45) is 0 Å². The van der Waals surface area contributed by atoms with Crippen LogP contribution in [0.15, 0.2) is 28.7 Å². The summed E-state index contributed by atoms with van der Waals surface area (Å²) in [6.07, 6.45) is 0.661. The lowest BCUT2D eigenvalue weighted by atomic mass is 9.99. The average molecular weight is 324 g/mol. The molecule has 2 saturated heterocycles. The van der Waals surface area contributed by atoms with E-state index in [9.17, 15) is 9.59 Å². The standard InChI is InChI=1S/C13H14BrN3O2/c14-10-3-1-9(2-4-10)7-17-11(18)13(16-12(17)19)5-6-15-8-13/h1-4,15H,5-8H2,(H,16,19). The summed E-state index contributed by atoms with van der Waals surface area (Å²) in [5.41, 5.74) is 0.224. The molecule has 2 heterocycles. The quantitative estimate of drug-likeness (QED) is 0.805. The first-order valence-electron chi connectivity index (χ1n) is 6.20. The number of nitrogens with zero attached hydrogens (tertiary/aromatic N) is 1. The Balaban J connectivity index is 1.79. The predicted molar refractivity (Wildman–Crippen MR) is 73.4 cm³/mol. The van der Waals surface area contributed by atoms with Gasteiger partial charge in [0, 0.05) is 11.0 Å². The highest BCUT2D eigenvalue weighted by Crippen LogP contribution is 2.25. The molecule has 100 valence electrons. The molecule has 19 heavy (non-hydrogen) atoms. The van der Waals surface area contributed by atoms with Gasteiger partial charge in [-0.15, -0.1) is 0 Å². The van der Waals surface area contributed by atoms with Gasteiger partial charge in [0.05, 0.1) is 6.54 Å². The van der Waals surface area contributed by atoms with Crippen molar-refractivity contribution in [1.29, 1.82) is 0 Å². The Morgan fingerprint density at radius 2 is 2.00 bits per heavy atom. The SMILES string of the molecule is O=C1NC2(CCNC2)C(=O)N1Cc1ccc(Br)cc1. The summed E-state index contributed by atoms with van der Waals surface area (Å²) in [6, 6.07) is 7.32. The zero-order valence-electron chi connectivity index (χ0n) is 10.3. The van der Waals surface area contributed by atoms with Crippen LogP contribution in [0.25, 0.3) is 0 Å². The predicted octanol–water partition coefficient (Wildman–Crippen LogP) is 1.23. The largest absolute Gasteiger partial charge is 0.325 e. The van der Waals surface area contributed by atoms with Crippen molar-refractivity contribution in [2.75, 3.05) is 13.1 Å². The highest BCUT2D eigenvalue weighted by Gasteiger charge is 2.52. The normalized spacial score (nSPS) is 26.3. The number of halogens is 1. The van der Waals surface area contributed by atoms with E-state index in [1.165, 1.54) is 4.90 Å². The first-order chi connectivity index (χ1) is 9.11. The van der Waals surface area contributed by atoms with E-state index in [1.54, 1.807) is 0 Å². The molecule has 1 atom stereocenters. The fourth-order valence-corrected chi connectivity index (χ4v) is 2.84. The number of hydrogen-bond donors (Lipinski definition) is 2. The molecule has 2 aliphatic heterocycles. The topological polar surface area (TPSA) is 61.4 Å². The van der Waals surface area contributed by atoms with E-state index in [0.29, 0.717) is 19.5 Å². The summed E-state index contributed by atoms with van der Waals surface area (Å²) in [7, 11) is 0. The Morgan fingerprint density at radius 1 is 1.26 bits per heavy atom. The molecule has 1 aromatic rings. The van der Waals surface area contributed by atoms with Gasteiger partial charge in [-0.05, 0) is 30.7 Å². The van der Waals surface area contributed by atoms with Crippen molar-refractivity contribution in [2.45, 2.75) is 18.5 Å². The summed E-state index contributed by atoms with van der Waals surface area (Å²) in [5, 5.41) is 5.96. The highest BCUT2D eigenvalue weighted by atomic mass is 79.9. The molecule has 5 nitrogen and oxygen atoms in total. The minimum Gasteiger partial charge on any atom is -0.322 e. The van der Waals surface area contributed by atoms with Gasteiger partial charge in [-0.3, -0.25) is 9.69 Å². The van der Waals surface area contributed by atoms with E-state index >= 15 is 0 Å². The molecule has 1 unspecified atom stereocenters. The van der Waals surface area contributed by atoms with Crippen LogP contribution in [0.4, 0.5) is 4.79 Å². The van der Waals surface area contributed by atoms with Crippen molar-refractivity contribution in [1.82, 2.24) is 15.5 Å². The maximum Gasteiger partial charge on any atom is 0.325 e. The van der Waals surface area contributed by atoms with Crippen LogP contribution in [0.1, 0.15) is 12.0 Å². The van der Waals surface area contributed by atoms with Crippen LogP contribution >= 0.6 is 15.9 Å². The number of nitrogens with one attached hydrogen (secondary N) is 2. The summed E-state index contributed by atoms with van der Waals surface area (Å²) in [6.45, 7) is 1.60. The monoisotopic (exact) mass is 323 g/mol. The van der Waals surface area contributed by atoms with E-state index in [-0.39, 0.29) is 11.9 Å². The smallest absolute Gasteiger partial charge is 0.322 e. The molecule has 1 aromatic carbocycles. The third-order valence-electron chi connectivity index (χ3n) is 3.66. The number of amides is 3. The zero-order chi connectivity index (χ0) is 13.5. The summed E-state index contributed by atoms with van der Waals surface area (Å²) >= 11 is 3.36. The number of carbonyl (C=O) groups excluding carboxylic acids is 2. The Kier molecular flexibility index (Phi) is 3.06. The van der Waals surface area contributed by atoms with Crippen molar-refractivity contribution in [3.8, 4) is 0 Å². The zero-order valence-corrected chi connectivity index (χ0v) is 11.9. The van der Waals surface area contributed by atoms with Crippen LogP contribution in [0.2, 0.25) is 0 Å². The first-order valence-corrected chi connectivity index (χ1v) is 6.99. The lowest BCUT2D eigenvalue weighted by Crippen LogP contribution is -2.48. The maximum absolute atomic E-state index is 12.4. The Bertz CT molecular complexity index is 523. The van der Waals surface area contributed by atoms with E-state index < -0.39 is 5.54 Å². The van der Waals surface area contributed by atoms with Crippen LogP contribution < -0.4 is 10.6 Å². The van der Waals surface area contributed by atoms with Crippen LogP contribution in [0.5, 0.6) is 0 Å². The number of carbonyl (C=O) groups is 2. The number of urea groups is 1. The van der Waals surface area contributed by atoms with E-state index in [1.807, 2.05) is 24.3 Å². The van der Waals surface area contributed by atoms with Gasteiger partial charge >= 0.3 is 6.03 Å². The molecule has 6 heteroatoms. The van der Waals surface area contributed by atoms with Gasteiger partial charge in [-0.25, -0.2) is 4.79 Å². The molecule has 2 N–H and O–H groups in total. The number of imide groups is 1. The van der Waals surface area contributed by atoms with Gasteiger partial charge in [0.25, 0.3) is 5.91 Å². The molecule has 0 radical (unpaired) electrons. The van der Waals surface area contributed by atoms with E-state index in [4.69, 9.17) is 0 Å². The lowest BCUT2D eigenvalue weighted by molar-refractivity contribution is -0.131. The molecule has 3 amide bonds. The molecule has 2 aliphatic rings. The van der Waals surface area contributed by atoms with Gasteiger partial charge in [-0.1, -0.05) is 28.1 Å². The Labute approximate surface area is 119 Å². The van der Waals surface area contributed by atoms with Crippen LogP contribution in [0, 0.1) is 0 Å². The number of hydrogen-bond acceptors (Lipinski definition) is 3. The second-order valence-corrected chi connectivity index (χ2v) is 5.87. The van der Waals surface area contributed by atoms with Crippen LogP contribution in [-0.2, 0) is 11.3 Å². The lowest BCUT2D eigenvalue weighted by Gasteiger charge is -2.19. The van der Waals surface area contributed by atoms with Gasteiger partial charge in [0.2, 0.25) is 0 Å². The molecule has 0 aromatic heterocycles. The Hall–Kier alpha value is -1.40. The molecule has 1 spiro atoms. The number of rotatable bonds is 2. The van der Waals surface area contributed by atoms with Crippen LogP contribution in [0.3, 0.4) is 0 Å². The molecule has 0 aliphatic carbocycles. The highest BCUT2D eigenvalue weighted by molar-refractivity contribution is 9.10. The minimum atomic E-state index is -0.716. The third kappa shape index (κ3) is 2.15. The molecular formula is C13H14BrN3O2. The summed E-state index contributed by atoms with van der Waals surface area (Å²) in [4.78, 5) is 25.7. The average Bonchev–Trinajstić information content (AvgIpc) is 2.94.